The molecule has 0 fully saturated rings. The fourth-order valence-corrected chi connectivity index (χ4v) is 1.91. The van der Waals surface area contributed by atoms with Crippen LogP contribution in [0.4, 0.5) is 4.39 Å². The minimum Gasteiger partial charge on any atom is -0.480 e. The largest absolute Gasteiger partial charge is 0.480 e. The Labute approximate surface area is 101 Å². The quantitative estimate of drug-likeness (QED) is 0.858. The molecule has 0 saturated carbocycles. The van der Waals surface area contributed by atoms with Crippen LogP contribution in [0.15, 0.2) is 24.3 Å². The summed E-state index contributed by atoms with van der Waals surface area (Å²) in [6.45, 7) is 3.70. The van der Waals surface area contributed by atoms with Crippen molar-refractivity contribution in [2.75, 3.05) is 7.05 Å². The van der Waals surface area contributed by atoms with E-state index in [4.69, 9.17) is 5.11 Å². The molecule has 0 amide bonds. The molecule has 0 heterocycles. The fourth-order valence-electron chi connectivity index (χ4n) is 1.91. The van der Waals surface area contributed by atoms with Gasteiger partial charge in [-0.3, -0.25) is 9.69 Å². The Morgan fingerprint density at radius 3 is 2.65 bits per heavy atom. The van der Waals surface area contributed by atoms with Crippen LogP contribution in [0.5, 0.6) is 0 Å². The monoisotopic (exact) mass is 239 g/mol. The van der Waals surface area contributed by atoms with Crippen LogP contribution in [0.2, 0.25) is 0 Å². The number of carboxylic acids is 1. The van der Waals surface area contributed by atoms with Gasteiger partial charge in [0.15, 0.2) is 0 Å². The molecule has 3 nitrogen and oxygen atoms in total. The highest BCUT2D eigenvalue weighted by Crippen LogP contribution is 2.22. The summed E-state index contributed by atoms with van der Waals surface area (Å²) < 4.78 is 13.1. The van der Waals surface area contributed by atoms with Crippen LogP contribution in [0.1, 0.15) is 31.9 Å². The molecule has 17 heavy (non-hydrogen) atoms. The molecule has 1 aromatic rings. The van der Waals surface area contributed by atoms with Gasteiger partial charge in [0.05, 0.1) is 0 Å². The minimum absolute atomic E-state index is 0.133. The summed E-state index contributed by atoms with van der Waals surface area (Å²) in [5.74, 6) is -1.15. The van der Waals surface area contributed by atoms with Crippen molar-refractivity contribution in [2.45, 2.75) is 32.4 Å². The number of hydrogen-bond acceptors (Lipinski definition) is 2. The summed E-state index contributed by atoms with van der Waals surface area (Å²) in [5.41, 5.74) is 0.784. The molecular formula is C13H18FNO2. The van der Waals surface area contributed by atoms with Gasteiger partial charge in [0.2, 0.25) is 0 Å². The lowest BCUT2D eigenvalue weighted by Crippen LogP contribution is -2.39. The second kappa shape index (κ2) is 5.77. The number of aliphatic carboxylic acids is 1. The first-order chi connectivity index (χ1) is 7.97. The number of carbonyl (C=O) groups is 1. The Bertz CT molecular complexity index is 395. The summed E-state index contributed by atoms with van der Waals surface area (Å²) >= 11 is 0. The lowest BCUT2D eigenvalue weighted by atomic mass is 10.0. The van der Waals surface area contributed by atoms with Crippen LogP contribution in [-0.2, 0) is 4.79 Å². The van der Waals surface area contributed by atoms with Gasteiger partial charge in [0.25, 0.3) is 0 Å². The first-order valence-corrected chi connectivity index (χ1v) is 5.67. The average molecular weight is 239 g/mol. The predicted octanol–water partition coefficient (Wildman–Crippen LogP) is 2.68. The minimum atomic E-state index is -0.849. The van der Waals surface area contributed by atoms with Crippen molar-refractivity contribution in [3.63, 3.8) is 0 Å². The van der Waals surface area contributed by atoms with Crippen molar-refractivity contribution in [1.82, 2.24) is 4.90 Å². The van der Waals surface area contributed by atoms with Crippen LogP contribution < -0.4 is 0 Å². The third kappa shape index (κ3) is 3.27. The van der Waals surface area contributed by atoms with E-state index in [1.807, 2.05) is 13.8 Å². The van der Waals surface area contributed by atoms with E-state index < -0.39 is 12.0 Å². The number of carboxylic acid groups (broad SMARTS) is 1. The van der Waals surface area contributed by atoms with E-state index in [1.165, 1.54) is 12.1 Å². The molecular weight excluding hydrogens is 221 g/mol. The molecule has 0 aromatic heterocycles. The summed E-state index contributed by atoms with van der Waals surface area (Å²) in [5, 5.41) is 9.08. The standard InChI is InChI=1S/C13H18FNO2/c1-4-12(13(16)17)15(3)9(2)10-6-5-7-11(14)8-10/h5-9,12H,4H2,1-3H3,(H,16,17). The second-order valence-corrected chi connectivity index (χ2v) is 4.16. The maximum Gasteiger partial charge on any atom is 0.320 e. The zero-order chi connectivity index (χ0) is 13.0. The van der Waals surface area contributed by atoms with E-state index in [0.717, 1.165) is 5.56 Å². The normalized spacial score (nSPS) is 14.6. The van der Waals surface area contributed by atoms with Gasteiger partial charge in [-0.25, -0.2) is 4.39 Å². The highest BCUT2D eigenvalue weighted by molar-refractivity contribution is 5.73. The average Bonchev–Trinajstić information content (AvgIpc) is 2.28. The zero-order valence-corrected chi connectivity index (χ0v) is 10.4. The Hall–Kier alpha value is -1.42. The van der Waals surface area contributed by atoms with Gasteiger partial charge in [-0.15, -0.1) is 0 Å². The molecule has 0 aliphatic heterocycles. The Kier molecular flexibility index (Phi) is 4.63. The molecule has 0 spiro atoms. The summed E-state index contributed by atoms with van der Waals surface area (Å²) in [6, 6.07) is 5.58. The lowest BCUT2D eigenvalue weighted by molar-refractivity contribution is -0.143. The van der Waals surface area contributed by atoms with Crippen molar-refractivity contribution < 1.29 is 14.3 Å². The zero-order valence-electron chi connectivity index (χ0n) is 10.4. The van der Waals surface area contributed by atoms with Crippen molar-refractivity contribution in [2.24, 2.45) is 0 Å². The summed E-state index contributed by atoms with van der Waals surface area (Å²) in [7, 11) is 1.75. The molecule has 0 aliphatic rings. The number of likely N-dealkylation sites (N-methyl/N-ethyl adjacent to an activating group) is 1. The van der Waals surface area contributed by atoms with Gasteiger partial charge in [0.1, 0.15) is 11.9 Å². The Morgan fingerprint density at radius 2 is 2.18 bits per heavy atom. The molecule has 2 unspecified atom stereocenters. The van der Waals surface area contributed by atoms with E-state index in [9.17, 15) is 9.18 Å². The van der Waals surface area contributed by atoms with E-state index >= 15 is 0 Å². The van der Waals surface area contributed by atoms with E-state index in [1.54, 1.807) is 24.1 Å². The van der Waals surface area contributed by atoms with Gasteiger partial charge in [0, 0.05) is 6.04 Å². The topological polar surface area (TPSA) is 40.5 Å². The molecule has 4 heteroatoms. The number of rotatable bonds is 5. The smallest absolute Gasteiger partial charge is 0.320 e. The Balaban J connectivity index is 2.88. The van der Waals surface area contributed by atoms with Crippen LogP contribution in [-0.4, -0.2) is 29.1 Å². The SMILES string of the molecule is CCC(C(=O)O)N(C)C(C)c1cccc(F)c1. The van der Waals surface area contributed by atoms with E-state index in [-0.39, 0.29) is 11.9 Å². The van der Waals surface area contributed by atoms with Crippen molar-refractivity contribution in [3.8, 4) is 0 Å². The van der Waals surface area contributed by atoms with Gasteiger partial charge >= 0.3 is 5.97 Å². The molecule has 0 saturated heterocycles. The first kappa shape index (κ1) is 13.6. The van der Waals surface area contributed by atoms with Gasteiger partial charge in [-0.1, -0.05) is 19.1 Å². The molecule has 1 rings (SSSR count). The highest BCUT2D eigenvalue weighted by atomic mass is 19.1. The molecule has 0 aliphatic carbocycles. The van der Waals surface area contributed by atoms with Gasteiger partial charge in [-0.2, -0.15) is 0 Å². The molecule has 94 valence electrons. The van der Waals surface area contributed by atoms with Crippen LogP contribution >= 0.6 is 0 Å². The number of benzene rings is 1. The van der Waals surface area contributed by atoms with E-state index in [0.29, 0.717) is 6.42 Å². The van der Waals surface area contributed by atoms with Crippen LogP contribution in [0, 0.1) is 5.82 Å². The first-order valence-electron chi connectivity index (χ1n) is 5.67. The fraction of sp³-hybridized carbons (Fsp3) is 0.462. The molecule has 2 atom stereocenters. The van der Waals surface area contributed by atoms with Gasteiger partial charge < -0.3 is 5.11 Å². The summed E-state index contributed by atoms with van der Waals surface area (Å²) in [6.07, 6.45) is 0.519. The summed E-state index contributed by atoms with van der Waals surface area (Å²) in [4.78, 5) is 12.8. The maximum absolute atomic E-state index is 13.1. The van der Waals surface area contributed by atoms with Crippen molar-refractivity contribution >= 4 is 5.97 Å². The third-order valence-electron chi connectivity index (χ3n) is 3.11. The lowest BCUT2D eigenvalue weighted by Gasteiger charge is -2.30. The Morgan fingerprint density at radius 1 is 1.53 bits per heavy atom. The van der Waals surface area contributed by atoms with E-state index in [2.05, 4.69) is 0 Å². The molecule has 1 aromatic carbocycles. The highest BCUT2D eigenvalue weighted by Gasteiger charge is 2.25. The number of hydrogen-bond donors (Lipinski definition) is 1. The van der Waals surface area contributed by atoms with Crippen molar-refractivity contribution in [3.05, 3.63) is 35.6 Å². The van der Waals surface area contributed by atoms with Crippen LogP contribution in [0.3, 0.4) is 0 Å². The number of halogens is 1. The maximum atomic E-state index is 13.1. The van der Waals surface area contributed by atoms with Crippen LogP contribution in [0.25, 0.3) is 0 Å². The molecule has 0 radical (unpaired) electrons. The second-order valence-electron chi connectivity index (χ2n) is 4.16. The molecule has 0 bridgehead atoms. The predicted molar refractivity (Wildman–Crippen MR) is 64.3 cm³/mol. The number of nitrogens with zero attached hydrogens (tertiary/aromatic N) is 1. The van der Waals surface area contributed by atoms with Gasteiger partial charge in [-0.05, 0) is 38.1 Å². The third-order valence-corrected chi connectivity index (χ3v) is 3.11. The van der Waals surface area contributed by atoms with Crippen molar-refractivity contribution in [1.29, 1.82) is 0 Å². The molecule has 1 N–H and O–H groups in total.